The molecule has 0 aliphatic carbocycles. The fourth-order valence-electron chi connectivity index (χ4n) is 4.39. The molecule has 0 unspecified atom stereocenters. The molecule has 0 amide bonds. The summed E-state index contributed by atoms with van der Waals surface area (Å²) in [6, 6.07) is 13.3. The molecule has 3 aromatic heterocycles. The highest BCUT2D eigenvalue weighted by Gasteiger charge is 2.24. The maximum absolute atomic E-state index is 15.1. The number of hydrogen-bond acceptors (Lipinski definition) is 4. The van der Waals surface area contributed by atoms with Gasteiger partial charge in [0.1, 0.15) is 11.4 Å². The number of aromatic nitrogens is 3. The van der Waals surface area contributed by atoms with Gasteiger partial charge in [-0.1, -0.05) is 6.07 Å². The highest BCUT2D eigenvalue weighted by atomic mass is 19.1. The first kappa shape index (κ1) is 24.6. The Bertz CT molecular complexity index is 1670. The van der Waals surface area contributed by atoms with Crippen molar-refractivity contribution < 1.29 is 23.4 Å². The van der Waals surface area contributed by atoms with Gasteiger partial charge in [-0.05, 0) is 82.6 Å². The predicted molar refractivity (Wildman–Crippen MR) is 138 cm³/mol. The van der Waals surface area contributed by atoms with Crippen LogP contribution < -0.4 is 0 Å². The third-order valence-electron chi connectivity index (χ3n) is 6.13. The number of hydrogen-bond donors (Lipinski definition) is 1. The number of halogens is 2. The number of aliphatic hydroxyl groups is 1. The molecule has 1 N–H and O–H groups in total. The number of ether oxygens (including phenoxy) is 1. The van der Waals surface area contributed by atoms with E-state index in [-0.39, 0.29) is 11.2 Å². The van der Waals surface area contributed by atoms with Crippen LogP contribution in [0.25, 0.3) is 38.9 Å². The van der Waals surface area contributed by atoms with Gasteiger partial charge in [0.25, 0.3) is 0 Å². The summed E-state index contributed by atoms with van der Waals surface area (Å²) in [7, 11) is 0. The standard InChI is InChI=1S/C29H27F2N3O3/c1-28(2,3)37-27(35)34-12-10-19-14-17(7-9-23(19)34)20-15-18(6-8-22(20)30)24-16-32-26-25(31)21(29(4,5)36)11-13-33(24)26/h6-16,36H,1-5H3. The lowest BCUT2D eigenvalue weighted by atomic mass is 9.99. The van der Waals surface area contributed by atoms with Gasteiger partial charge in [-0.2, -0.15) is 0 Å². The first-order valence-corrected chi connectivity index (χ1v) is 11.9. The Morgan fingerprint density at radius 1 is 0.946 bits per heavy atom. The molecule has 0 saturated carbocycles. The molecule has 0 spiro atoms. The minimum absolute atomic E-state index is 0.0744. The molecule has 0 atom stereocenters. The van der Waals surface area contributed by atoms with E-state index in [1.54, 1.807) is 67.9 Å². The van der Waals surface area contributed by atoms with Gasteiger partial charge in [0.05, 0.1) is 23.0 Å². The summed E-state index contributed by atoms with van der Waals surface area (Å²) < 4.78 is 38.5. The smallest absolute Gasteiger partial charge is 0.418 e. The molecule has 0 aliphatic rings. The van der Waals surface area contributed by atoms with Crippen molar-refractivity contribution in [1.29, 1.82) is 0 Å². The molecule has 5 rings (SSSR count). The Labute approximate surface area is 212 Å². The van der Waals surface area contributed by atoms with Gasteiger partial charge in [0.2, 0.25) is 0 Å². The Balaban J connectivity index is 1.55. The van der Waals surface area contributed by atoms with Gasteiger partial charge in [0.15, 0.2) is 11.5 Å². The minimum atomic E-state index is -1.36. The SMILES string of the molecule is CC(C)(C)OC(=O)n1ccc2cc(-c3cc(-c4cnc5c(F)c(C(C)(C)O)ccn45)ccc3F)ccc21. The zero-order valence-corrected chi connectivity index (χ0v) is 21.2. The largest absolute Gasteiger partial charge is 0.443 e. The minimum Gasteiger partial charge on any atom is -0.443 e. The Morgan fingerprint density at radius 2 is 1.68 bits per heavy atom. The van der Waals surface area contributed by atoms with Gasteiger partial charge in [-0.15, -0.1) is 0 Å². The number of benzene rings is 2. The van der Waals surface area contributed by atoms with E-state index in [1.807, 2.05) is 6.07 Å². The van der Waals surface area contributed by atoms with Crippen LogP contribution in [0.5, 0.6) is 0 Å². The Kier molecular flexibility index (Phi) is 5.68. The van der Waals surface area contributed by atoms with Crippen molar-refractivity contribution in [3.8, 4) is 22.4 Å². The lowest BCUT2D eigenvalue weighted by Gasteiger charge is -2.19. The summed E-state index contributed by atoms with van der Waals surface area (Å²) in [6.07, 6.45) is 4.30. The molecule has 37 heavy (non-hydrogen) atoms. The second-order valence-corrected chi connectivity index (χ2v) is 10.6. The first-order chi connectivity index (χ1) is 17.3. The van der Waals surface area contributed by atoms with E-state index in [9.17, 15) is 14.3 Å². The Hall–Kier alpha value is -4.04. The lowest BCUT2D eigenvalue weighted by molar-refractivity contribution is 0.0544. The highest BCUT2D eigenvalue weighted by molar-refractivity contribution is 5.92. The molecule has 8 heteroatoms. The third-order valence-corrected chi connectivity index (χ3v) is 6.13. The molecular weight excluding hydrogens is 476 g/mol. The lowest BCUT2D eigenvalue weighted by Crippen LogP contribution is -2.26. The normalized spacial score (nSPS) is 12.4. The number of carbonyl (C=O) groups excluding carboxylic acids is 1. The van der Waals surface area contributed by atoms with Crippen molar-refractivity contribution in [2.75, 3.05) is 0 Å². The molecule has 3 heterocycles. The van der Waals surface area contributed by atoms with Crippen LogP contribution in [-0.4, -0.2) is 30.8 Å². The molecular formula is C29H27F2N3O3. The van der Waals surface area contributed by atoms with Crippen molar-refractivity contribution in [1.82, 2.24) is 14.0 Å². The zero-order valence-electron chi connectivity index (χ0n) is 21.2. The van der Waals surface area contributed by atoms with Crippen LogP contribution in [0.2, 0.25) is 0 Å². The molecule has 5 aromatic rings. The van der Waals surface area contributed by atoms with Crippen molar-refractivity contribution in [3.63, 3.8) is 0 Å². The summed E-state index contributed by atoms with van der Waals surface area (Å²) in [5.41, 5.74) is 1.07. The maximum atomic E-state index is 15.1. The van der Waals surface area contributed by atoms with E-state index in [0.29, 0.717) is 27.9 Å². The number of pyridine rings is 1. The molecule has 0 saturated heterocycles. The summed E-state index contributed by atoms with van der Waals surface area (Å²) in [6.45, 7) is 8.42. The fraction of sp³-hybridized carbons (Fsp3) is 0.241. The average Bonchev–Trinajstić information content (AvgIpc) is 3.42. The monoisotopic (exact) mass is 503 g/mol. The third kappa shape index (κ3) is 4.49. The number of nitrogens with zero attached hydrogens (tertiary/aromatic N) is 3. The molecule has 6 nitrogen and oxygen atoms in total. The number of rotatable bonds is 3. The van der Waals surface area contributed by atoms with Crippen molar-refractivity contribution in [2.24, 2.45) is 0 Å². The van der Waals surface area contributed by atoms with Crippen LogP contribution in [0.4, 0.5) is 13.6 Å². The van der Waals surface area contributed by atoms with Gasteiger partial charge in [0, 0.05) is 34.5 Å². The van der Waals surface area contributed by atoms with E-state index in [1.165, 1.54) is 36.7 Å². The number of carbonyl (C=O) groups is 1. The topological polar surface area (TPSA) is 68.8 Å². The molecule has 0 fully saturated rings. The van der Waals surface area contributed by atoms with Gasteiger partial charge >= 0.3 is 6.09 Å². The molecule has 2 aromatic carbocycles. The zero-order chi connectivity index (χ0) is 26.7. The van der Waals surface area contributed by atoms with Crippen molar-refractivity contribution in [2.45, 2.75) is 45.8 Å². The second-order valence-electron chi connectivity index (χ2n) is 10.6. The summed E-state index contributed by atoms with van der Waals surface area (Å²) >= 11 is 0. The van der Waals surface area contributed by atoms with E-state index in [4.69, 9.17) is 4.74 Å². The molecule has 0 aliphatic heterocycles. The molecule has 190 valence electrons. The van der Waals surface area contributed by atoms with Crippen LogP contribution >= 0.6 is 0 Å². The molecule has 0 bridgehead atoms. The van der Waals surface area contributed by atoms with Crippen molar-refractivity contribution >= 4 is 22.6 Å². The first-order valence-electron chi connectivity index (χ1n) is 11.9. The van der Waals surface area contributed by atoms with Crippen molar-refractivity contribution in [3.05, 3.63) is 84.3 Å². The Morgan fingerprint density at radius 3 is 2.38 bits per heavy atom. The molecule has 0 radical (unpaired) electrons. The second kappa shape index (κ2) is 8.52. The van der Waals surface area contributed by atoms with Gasteiger partial charge in [-0.25, -0.2) is 18.6 Å². The number of imidazole rings is 1. The van der Waals surface area contributed by atoms with Crippen LogP contribution in [0.15, 0.2) is 67.1 Å². The van der Waals surface area contributed by atoms with Gasteiger partial charge in [-0.3, -0.25) is 8.97 Å². The van der Waals surface area contributed by atoms with Crippen LogP contribution in [0.1, 0.15) is 40.2 Å². The van der Waals surface area contributed by atoms with E-state index < -0.39 is 28.9 Å². The van der Waals surface area contributed by atoms with Crippen LogP contribution in [-0.2, 0) is 10.3 Å². The van der Waals surface area contributed by atoms with Crippen LogP contribution in [0, 0.1) is 11.6 Å². The number of fused-ring (bicyclic) bond motifs is 2. The maximum Gasteiger partial charge on any atom is 0.418 e. The van der Waals surface area contributed by atoms with E-state index in [2.05, 4.69) is 4.98 Å². The predicted octanol–water partition coefficient (Wildman–Crippen LogP) is 6.91. The van der Waals surface area contributed by atoms with Crippen LogP contribution in [0.3, 0.4) is 0 Å². The summed E-state index contributed by atoms with van der Waals surface area (Å²) in [5, 5.41) is 11.0. The van der Waals surface area contributed by atoms with Gasteiger partial charge < -0.3 is 9.84 Å². The summed E-state index contributed by atoms with van der Waals surface area (Å²) in [4.78, 5) is 16.8. The highest BCUT2D eigenvalue weighted by Crippen LogP contribution is 2.33. The summed E-state index contributed by atoms with van der Waals surface area (Å²) in [5.74, 6) is -1.03. The average molecular weight is 504 g/mol. The fourth-order valence-corrected chi connectivity index (χ4v) is 4.39. The van der Waals surface area contributed by atoms with E-state index in [0.717, 1.165) is 5.39 Å². The van der Waals surface area contributed by atoms with E-state index >= 15 is 4.39 Å². The quantitative estimate of drug-likeness (QED) is 0.290.